The molecule has 1 aliphatic carbocycles. The van der Waals surface area contributed by atoms with E-state index >= 15 is 0 Å². The van der Waals surface area contributed by atoms with E-state index in [1.807, 2.05) is 18.2 Å². The number of hydrogen-bond acceptors (Lipinski definition) is 5. The number of halogens is 1. The van der Waals surface area contributed by atoms with Crippen LogP contribution in [0.2, 0.25) is 5.02 Å². The second-order valence-corrected chi connectivity index (χ2v) is 10.1. The lowest BCUT2D eigenvalue weighted by molar-refractivity contribution is -0.158. The minimum absolute atomic E-state index is 0.0800. The first-order valence-electron chi connectivity index (χ1n) is 12.2. The van der Waals surface area contributed by atoms with Crippen LogP contribution in [-0.4, -0.2) is 66.6 Å². The normalized spacial score (nSPS) is 30.2. The van der Waals surface area contributed by atoms with Crippen LogP contribution in [-0.2, 0) is 20.8 Å². The Morgan fingerprint density at radius 2 is 2.00 bits per heavy atom. The third-order valence-corrected chi connectivity index (χ3v) is 7.32. The first kappa shape index (κ1) is 24.0. The van der Waals surface area contributed by atoms with Crippen LogP contribution in [0.3, 0.4) is 0 Å². The molecule has 178 valence electrons. The Hall–Kier alpha value is -1.18. The van der Waals surface area contributed by atoms with E-state index < -0.39 is 6.10 Å². The summed E-state index contributed by atoms with van der Waals surface area (Å²) < 4.78 is 12.1. The zero-order valence-corrected chi connectivity index (χ0v) is 19.6. The molecule has 4 rings (SSSR count). The molecular weight excluding hydrogens is 428 g/mol. The molecule has 3 aliphatic rings. The predicted octanol–water partition coefficient (Wildman–Crippen LogP) is 3.54. The number of carbonyl (C=O) groups excluding carboxylic acids is 1. The Morgan fingerprint density at radius 1 is 1.16 bits per heavy atom. The second-order valence-electron chi connectivity index (χ2n) is 9.70. The van der Waals surface area contributed by atoms with Crippen molar-refractivity contribution in [3.8, 4) is 0 Å². The van der Waals surface area contributed by atoms with Crippen LogP contribution in [0.5, 0.6) is 0 Å². The van der Waals surface area contributed by atoms with Crippen molar-refractivity contribution in [2.24, 2.45) is 5.92 Å². The van der Waals surface area contributed by atoms with Gasteiger partial charge in [-0.3, -0.25) is 9.69 Å². The van der Waals surface area contributed by atoms with Gasteiger partial charge in [0, 0.05) is 30.7 Å². The summed E-state index contributed by atoms with van der Waals surface area (Å²) in [5, 5.41) is 14.2. The molecule has 32 heavy (non-hydrogen) atoms. The van der Waals surface area contributed by atoms with E-state index in [0.29, 0.717) is 43.7 Å². The van der Waals surface area contributed by atoms with Gasteiger partial charge in [-0.2, -0.15) is 0 Å². The van der Waals surface area contributed by atoms with E-state index in [4.69, 9.17) is 21.1 Å². The van der Waals surface area contributed by atoms with Crippen LogP contribution in [0.25, 0.3) is 0 Å². The SMILES string of the molecule is O=C(C[C@H]1CC[C@H]2[C@@H](COC[C@H](O)CN2Cc2cccc(Cl)c2)O1)NCC1CCCCC1. The summed E-state index contributed by atoms with van der Waals surface area (Å²) in [7, 11) is 0. The zero-order valence-electron chi connectivity index (χ0n) is 18.9. The van der Waals surface area contributed by atoms with E-state index in [1.54, 1.807) is 0 Å². The summed E-state index contributed by atoms with van der Waals surface area (Å²) >= 11 is 6.18. The summed E-state index contributed by atoms with van der Waals surface area (Å²) in [6.07, 6.45) is 7.82. The third-order valence-electron chi connectivity index (χ3n) is 7.09. The van der Waals surface area contributed by atoms with E-state index in [2.05, 4.69) is 16.3 Å². The summed E-state index contributed by atoms with van der Waals surface area (Å²) in [5.74, 6) is 0.729. The Morgan fingerprint density at radius 3 is 2.81 bits per heavy atom. The predicted molar refractivity (Wildman–Crippen MR) is 125 cm³/mol. The second kappa shape index (κ2) is 11.8. The molecule has 6 nitrogen and oxygen atoms in total. The number of nitrogens with one attached hydrogen (secondary N) is 1. The highest BCUT2D eigenvalue weighted by Gasteiger charge is 2.38. The van der Waals surface area contributed by atoms with Crippen LogP contribution in [0, 0.1) is 5.92 Å². The van der Waals surface area contributed by atoms with Crippen molar-refractivity contribution >= 4 is 17.5 Å². The maximum absolute atomic E-state index is 12.5. The molecule has 1 aromatic carbocycles. The highest BCUT2D eigenvalue weighted by molar-refractivity contribution is 6.30. The highest BCUT2D eigenvalue weighted by atomic mass is 35.5. The van der Waals surface area contributed by atoms with E-state index in [0.717, 1.165) is 24.9 Å². The van der Waals surface area contributed by atoms with Crippen molar-refractivity contribution < 1.29 is 19.4 Å². The summed E-state index contributed by atoms with van der Waals surface area (Å²) in [6.45, 7) is 2.77. The molecule has 2 N–H and O–H groups in total. The number of fused-ring (bicyclic) bond motifs is 1. The molecule has 2 aliphatic heterocycles. The van der Waals surface area contributed by atoms with Gasteiger partial charge in [-0.25, -0.2) is 0 Å². The summed E-state index contributed by atoms with van der Waals surface area (Å²) in [5.41, 5.74) is 1.12. The summed E-state index contributed by atoms with van der Waals surface area (Å²) in [6, 6.07) is 8.01. The number of rotatable bonds is 6. The van der Waals surface area contributed by atoms with E-state index in [9.17, 15) is 9.90 Å². The van der Waals surface area contributed by atoms with Crippen molar-refractivity contribution in [3.63, 3.8) is 0 Å². The zero-order chi connectivity index (χ0) is 22.3. The number of aliphatic hydroxyl groups is 1. The highest BCUT2D eigenvalue weighted by Crippen LogP contribution is 2.29. The Labute approximate surface area is 196 Å². The molecule has 2 heterocycles. The molecule has 1 aromatic rings. The molecule has 2 saturated heterocycles. The fourth-order valence-electron chi connectivity index (χ4n) is 5.43. The number of aliphatic hydroxyl groups excluding tert-OH is 1. The van der Waals surface area contributed by atoms with Crippen molar-refractivity contribution in [2.75, 3.05) is 26.3 Å². The Bertz CT molecular complexity index is 742. The first-order chi connectivity index (χ1) is 15.6. The number of carbonyl (C=O) groups is 1. The molecule has 0 aromatic heterocycles. The van der Waals surface area contributed by atoms with Gasteiger partial charge < -0.3 is 19.9 Å². The molecule has 0 unspecified atom stereocenters. The fraction of sp³-hybridized carbons (Fsp3) is 0.720. The van der Waals surface area contributed by atoms with Crippen LogP contribution in [0.4, 0.5) is 0 Å². The monoisotopic (exact) mass is 464 g/mol. The lowest BCUT2D eigenvalue weighted by Gasteiger charge is -2.44. The van der Waals surface area contributed by atoms with Crippen LogP contribution >= 0.6 is 11.6 Å². The molecule has 3 fully saturated rings. The average molecular weight is 465 g/mol. The molecule has 4 atom stereocenters. The number of nitrogens with zero attached hydrogens (tertiary/aromatic N) is 1. The lowest BCUT2D eigenvalue weighted by Crippen LogP contribution is -2.55. The van der Waals surface area contributed by atoms with Gasteiger partial charge in [0.25, 0.3) is 0 Å². The largest absolute Gasteiger partial charge is 0.389 e. The molecule has 0 bridgehead atoms. The van der Waals surface area contributed by atoms with E-state index in [-0.39, 0.29) is 24.2 Å². The Kier molecular flexibility index (Phi) is 8.83. The molecule has 0 radical (unpaired) electrons. The molecule has 0 spiro atoms. The quantitative estimate of drug-likeness (QED) is 0.673. The number of β-amino-alcohol motifs (C(OH)–C–C–N with tert-alkyl or cyclic N) is 1. The number of benzene rings is 1. The molecule has 1 amide bonds. The van der Waals surface area contributed by atoms with Crippen LogP contribution < -0.4 is 5.32 Å². The van der Waals surface area contributed by atoms with Crippen molar-refractivity contribution in [1.82, 2.24) is 10.2 Å². The van der Waals surface area contributed by atoms with Crippen LogP contribution in [0.1, 0.15) is 56.9 Å². The molecular formula is C25H37ClN2O4. The van der Waals surface area contributed by atoms with Gasteiger partial charge in [0.1, 0.15) is 0 Å². The van der Waals surface area contributed by atoms with E-state index in [1.165, 1.54) is 32.1 Å². The van der Waals surface area contributed by atoms with Gasteiger partial charge in [0.2, 0.25) is 5.91 Å². The maximum Gasteiger partial charge on any atom is 0.222 e. The topological polar surface area (TPSA) is 71.0 Å². The van der Waals surface area contributed by atoms with Gasteiger partial charge in [-0.15, -0.1) is 0 Å². The van der Waals surface area contributed by atoms with Gasteiger partial charge in [0.05, 0.1) is 37.9 Å². The van der Waals surface area contributed by atoms with Gasteiger partial charge >= 0.3 is 0 Å². The van der Waals surface area contributed by atoms with Crippen molar-refractivity contribution in [3.05, 3.63) is 34.9 Å². The van der Waals surface area contributed by atoms with Crippen molar-refractivity contribution in [2.45, 2.75) is 82.3 Å². The summed E-state index contributed by atoms with van der Waals surface area (Å²) in [4.78, 5) is 14.8. The first-order valence-corrected chi connectivity index (χ1v) is 12.6. The number of ether oxygens (including phenoxy) is 2. The minimum atomic E-state index is -0.529. The smallest absolute Gasteiger partial charge is 0.222 e. The third kappa shape index (κ3) is 6.91. The fourth-order valence-corrected chi connectivity index (χ4v) is 5.64. The standard InChI is InChI=1S/C25H37ClN2O4/c26-20-8-4-7-19(11-20)14-28-15-21(29)16-31-17-24-23(28)10-9-22(32-24)12-25(30)27-13-18-5-2-1-3-6-18/h4,7-8,11,18,21-24,29H,1-3,5-6,9-10,12-17H2,(H,27,30)/t21-,22-,23+,24-/m1/s1. The lowest BCUT2D eigenvalue weighted by atomic mass is 9.89. The molecule has 1 saturated carbocycles. The Balaban J connectivity index is 1.32. The van der Waals surface area contributed by atoms with Gasteiger partial charge in [-0.05, 0) is 49.3 Å². The van der Waals surface area contributed by atoms with Gasteiger partial charge in [0.15, 0.2) is 0 Å². The number of hydrogen-bond donors (Lipinski definition) is 2. The van der Waals surface area contributed by atoms with Crippen LogP contribution in [0.15, 0.2) is 24.3 Å². The van der Waals surface area contributed by atoms with Crippen molar-refractivity contribution in [1.29, 1.82) is 0 Å². The maximum atomic E-state index is 12.5. The molecule has 7 heteroatoms. The minimum Gasteiger partial charge on any atom is -0.389 e. The number of amides is 1. The average Bonchev–Trinajstić information content (AvgIpc) is 2.77. The van der Waals surface area contributed by atoms with Gasteiger partial charge in [-0.1, -0.05) is 43.0 Å².